The lowest BCUT2D eigenvalue weighted by Crippen LogP contribution is -2.54. The van der Waals surface area contributed by atoms with E-state index in [9.17, 15) is 38.7 Å². The second-order valence-electron chi connectivity index (χ2n) is 14.0. The Bertz CT molecular complexity index is 1350. The highest BCUT2D eigenvalue weighted by molar-refractivity contribution is 5.98. The molecule has 0 bridgehead atoms. The minimum absolute atomic E-state index is 0.0888. The van der Waals surface area contributed by atoms with Crippen LogP contribution >= 0.6 is 0 Å². The van der Waals surface area contributed by atoms with Crippen LogP contribution in [0.2, 0.25) is 0 Å². The molecule has 52 heavy (non-hydrogen) atoms. The molecule has 0 radical (unpaired) electrons. The van der Waals surface area contributed by atoms with Crippen LogP contribution in [0, 0.1) is 23.2 Å². The van der Waals surface area contributed by atoms with E-state index in [1.165, 1.54) is 0 Å². The van der Waals surface area contributed by atoms with Crippen molar-refractivity contribution in [3.05, 3.63) is 29.8 Å². The molecule has 0 fully saturated rings. The molecular weight excluding hydrogens is 672 g/mol. The highest BCUT2D eigenvalue weighted by Crippen LogP contribution is 2.35. The number of nitrogens with two attached hydrogens (primary N) is 1. The summed E-state index contributed by atoms with van der Waals surface area (Å²) in [4.78, 5) is 86.8. The van der Waals surface area contributed by atoms with E-state index in [2.05, 4.69) is 26.6 Å². The second-order valence-corrected chi connectivity index (χ2v) is 14.0. The number of unbranched alkanes of at least 4 members (excludes halogenated alkanes) is 2. The lowest BCUT2D eigenvalue weighted by molar-refractivity contribution is -0.148. The predicted molar refractivity (Wildman–Crippen MR) is 197 cm³/mol. The molecule has 0 heterocycles. The third-order valence-electron chi connectivity index (χ3n) is 8.96. The molecule has 8 N–H and O–H groups in total. The Morgan fingerprint density at radius 1 is 0.827 bits per heavy atom. The zero-order valence-electron chi connectivity index (χ0n) is 31.8. The quantitative estimate of drug-likeness (QED) is 0.0607. The molecule has 1 aromatic rings. The van der Waals surface area contributed by atoms with Crippen LogP contribution in [-0.4, -0.2) is 71.9 Å². The zero-order valence-corrected chi connectivity index (χ0v) is 31.8. The summed E-state index contributed by atoms with van der Waals surface area (Å²) >= 11 is 0. The van der Waals surface area contributed by atoms with Crippen LogP contribution in [0.3, 0.4) is 0 Å². The van der Waals surface area contributed by atoms with E-state index in [4.69, 9.17) is 10.5 Å². The number of hydrogen-bond acceptors (Lipinski definition) is 8. The number of hydrogen-bond donors (Lipinski definition) is 7. The molecule has 0 saturated carbocycles. The molecule has 1 unspecified atom stereocenters. The normalized spacial score (nSPS) is 13.4. The van der Waals surface area contributed by atoms with Crippen LogP contribution < -0.4 is 32.3 Å². The van der Waals surface area contributed by atoms with Crippen molar-refractivity contribution in [2.24, 2.45) is 28.9 Å². The predicted octanol–water partition coefficient (Wildman–Crippen LogP) is 3.60. The topological polar surface area (TPSA) is 235 Å². The molecule has 0 aliphatic heterocycles. The first kappa shape index (κ1) is 45.3. The maximum absolute atomic E-state index is 13.4. The van der Waals surface area contributed by atoms with E-state index in [1.807, 2.05) is 20.8 Å². The zero-order chi connectivity index (χ0) is 39.4. The third kappa shape index (κ3) is 16.1. The summed E-state index contributed by atoms with van der Waals surface area (Å²) in [5, 5.41) is 23.0. The number of urea groups is 1. The molecule has 6 amide bonds. The summed E-state index contributed by atoms with van der Waals surface area (Å²) in [6.45, 7) is 13.1. The van der Waals surface area contributed by atoms with Crippen LogP contribution in [0.25, 0.3) is 0 Å². The van der Waals surface area contributed by atoms with Gasteiger partial charge in [-0.05, 0) is 61.6 Å². The first-order valence-corrected chi connectivity index (χ1v) is 18.1. The number of anilines is 1. The molecule has 3 atom stereocenters. The number of carboxylic acids is 1. The molecule has 0 aliphatic carbocycles. The Hall–Kier alpha value is -4.69. The van der Waals surface area contributed by atoms with Gasteiger partial charge in [-0.1, -0.05) is 67.0 Å². The summed E-state index contributed by atoms with van der Waals surface area (Å²) in [7, 11) is 0. The van der Waals surface area contributed by atoms with Crippen LogP contribution in [-0.2, 0) is 40.1 Å². The van der Waals surface area contributed by atoms with Gasteiger partial charge in [0, 0.05) is 25.2 Å². The Kier molecular flexibility index (Phi) is 20.0. The van der Waals surface area contributed by atoms with Crippen molar-refractivity contribution in [1.82, 2.24) is 21.3 Å². The van der Waals surface area contributed by atoms with Crippen molar-refractivity contribution in [3.8, 4) is 0 Å². The third-order valence-corrected chi connectivity index (χ3v) is 8.96. The monoisotopic (exact) mass is 732 g/mol. The number of primary amides is 1. The molecule has 15 heteroatoms. The molecule has 0 spiro atoms. The number of benzene rings is 1. The number of carbonyl (C=O) groups excluding carboxylic acids is 6. The molecular formula is C37H60N6O9. The summed E-state index contributed by atoms with van der Waals surface area (Å²) in [5.41, 5.74) is 5.35. The minimum atomic E-state index is -1.02. The van der Waals surface area contributed by atoms with Crippen LogP contribution in [0.4, 0.5) is 10.5 Å². The van der Waals surface area contributed by atoms with E-state index in [1.54, 1.807) is 52.0 Å². The van der Waals surface area contributed by atoms with E-state index < -0.39 is 41.3 Å². The lowest BCUT2D eigenvalue weighted by atomic mass is 9.71. The van der Waals surface area contributed by atoms with Gasteiger partial charge in [-0.25, -0.2) is 4.79 Å². The molecule has 1 rings (SSSR count). The van der Waals surface area contributed by atoms with E-state index in [0.717, 1.165) is 5.56 Å². The number of aliphatic carboxylic acids is 1. The maximum atomic E-state index is 13.4. The van der Waals surface area contributed by atoms with Gasteiger partial charge in [0.25, 0.3) is 0 Å². The fraction of sp³-hybridized carbons (Fsp3) is 0.649. The van der Waals surface area contributed by atoms with Gasteiger partial charge in [-0.3, -0.25) is 28.8 Å². The Balaban J connectivity index is 2.77. The molecule has 15 nitrogen and oxygen atoms in total. The number of nitrogens with one attached hydrogen (secondary N) is 5. The SMILES string of the molecule is CCC(CC(=O)O)(C(=O)NCCCCCC(=O)N[C@H](C(=O)N[C@@H](CCCNC(N)=O)C(=O)Nc1ccc(COC(=O)C(C)C)cc1)C(C)C)C(C)C. The van der Waals surface area contributed by atoms with Crippen molar-refractivity contribution in [1.29, 1.82) is 0 Å². The molecule has 1 aromatic carbocycles. The summed E-state index contributed by atoms with van der Waals surface area (Å²) in [5.74, 6) is -3.72. The number of amides is 6. The van der Waals surface area contributed by atoms with Gasteiger partial charge in [-0.15, -0.1) is 0 Å². The van der Waals surface area contributed by atoms with Gasteiger partial charge >= 0.3 is 18.0 Å². The smallest absolute Gasteiger partial charge is 0.312 e. The average Bonchev–Trinajstić information content (AvgIpc) is 3.07. The average molecular weight is 733 g/mol. The molecule has 0 aliphatic rings. The molecule has 292 valence electrons. The summed E-state index contributed by atoms with van der Waals surface area (Å²) in [6.07, 6.45) is 2.51. The standard InChI is InChI=1S/C37H60N6O9/c1-8-37(25(6)7,21-30(45)46)35(50)39-19-11-9-10-14-29(44)43-31(23(2)3)33(48)42-28(13-12-20-40-36(38)51)32(47)41-27-17-15-26(16-18-27)22-52-34(49)24(4)5/h15-18,23-25,28,31H,8-14,19-22H2,1-7H3,(H,39,50)(H,41,47)(H,42,48)(H,43,44)(H,45,46)(H3,38,40,51)/t28-,31-,37?/m0/s1. The fourth-order valence-electron chi connectivity index (χ4n) is 5.54. The van der Waals surface area contributed by atoms with Gasteiger partial charge in [-0.2, -0.15) is 0 Å². The fourth-order valence-corrected chi connectivity index (χ4v) is 5.54. The van der Waals surface area contributed by atoms with Crippen LogP contribution in [0.15, 0.2) is 24.3 Å². The first-order chi connectivity index (χ1) is 24.4. The van der Waals surface area contributed by atoms with Crippen molar-refractivity contribution in [2.45, 2.75) is 119 Å². The number of carboxylic acid groups (broad SMARTS) is 1. The van der Waals surface area contributed by atoms with Gasteiger partial charge in [0.1, 0.15) is 18.7 Å². The largest absolute Gasteiger partial charge is 0.481 e. The van der Waals surface area contributed by atoms with Gasteiger partial charge < -0.3 is 42.2 Å². The van der Waals surface area contributed by atoms with Gasteiger partial charge in [0.15, 0.2) is 0 Å². The Morgan fingerprint density at radius 3 is 2.00 bits per heavy atom. The van der Waals surface area contributed by atoms with Crippen LogP contribution in [0.1, 0.15) is 105 Å². The lowest BCUT2D eigenvalue weighted by Gasteiger charge is -2.34. The second kappa shape index (κ2) is 23.0. The van der Waals surface area contributed by atoms with E-state index >= 15 is 0 Å². The minimum Gasteiger partial charge on any atom is -0.481 e. The maximum Gasteiger partial charge on any atom is 0.312 e. The number of carbonyl (C=O) groups is 7. The first-order valence-electron chi connectivity index (χ1n) is 18.1. The molecule has 0 aromatic heterocycles. The number of ether oxygens (including phenoxy) is 1. The summed E-state index contributed by atoms with van der Waals surface area (Å²) in [6, 6.07) is 4.08. The van der Waals surface area contributed by atoms with Gasteiger partial charge in [0.2, 0.25) is 23.6 Å². The highest BCUT2D eigenvalue weighted by atomic mass is 16.5. The number of rotatable bonds is 24. The Morgan fingerprint density at radius 2 is 1.46 bits per heavy atom. The number of esters is 1. The van der Waals surface area contributed by atoms with Crippen LogP contribution in [0.5, 0.6) is 0 Å². The highest BCUT2D eigenvalue weighted by Gasteiger charge is 2.41. The molecule has 0 saturated heterocycles. The van der Waals surface area contributed by atoms with Crippen molar-refractivity contribution in [2.75, 3.05) is 18.4 Å². The van der Waals surface area contributed by atoms with E-state index in [0.29, 0.717) is 44.3 Å². The Labute approximate surface area is 307 Å². The van der Waals surface area contributed by atoms with Crippen molar-refractivity contribution < 1.29 is 43.4 Å². The van der Waals surface area contributed by atoms with Gasteiger partial charge in [0.05, 0.1) is 17.8 Å². The van der Waals surface area contributed by atoms with Crippen molar-refractivity contribution in [3.63, 3.8) is 0 Å². The summed E-state index contributed by atoms with van der Waals surface area (Å²) < 4.78 is 5.24. The van der Waals surface area contributed by atoms with E-state index in [-0.39, 0.29) is 68.0 Å². The van der Waals surface area contributed by atoms with Crippen molar-refractivity contribution >= 4 is 47.3 Å².